The summed E-state index contributed by atoms with van der Waals surface area (Å²) in [6.45, 7) is 3.84. The summed E-state index contributed by atoms with van der Waals surface area (Å²) in [6.07, 6.45) is 0. The molecule has 7 nitrogen and oxygen atoms in total. The van der Waals surface area contributed by atoms with E-state index in [-0.39, 0.29) is 0 Å². The van der Waals surface area contributed by atoms with Crippen molar-refractivity contribution in [3.05, 3.63) is 34.0 Å². The van der Waals surface area contributed by atoms with E-state index in [1.165, 1.54) is 0 Å². The molecular formula is C12H11N7. The van der Waals surface area contributed by atoms with Crippen molar-refractivity contribution < 1.29 is 0 Å². The van der Waals surface area contributed by atoms with Crippen LogP contribution in [0.3, 0.4) is 0 Å². The molecule has 94 valence electrons. The van der Waals surface area contributed by atoms with Gasteiger partial charge in [-0.05, 0) is 36.6 Å². The van der Waals surface area contributed by atoms with Crippen LogP contribution in [0.1, 0.15) is 11.4 Å². The van der Waals surface area contributed by atoms with Crippen LogP contribution in [0.5, 0.6) is 0 Å². The molecule has 3 aromatic rings. The molecule has 2 heterocycles. The van der Waals surface area contributed by atoms with Gasteiger partial charge in [-0.2, -0.15) is 0 Å². The molecule has 0 aliphatic rings. The molecule has 2 aromatic heterocycles. The SMILES string of the molecule is Cc1nc2ccc3c(nc(N=[N+]=[N-])n3C)c2nc1C. The van der Waals surface area contributed by atoms with E-state index in [2.05, 4.69) is 25.0 Å². The van der Waals surface area contributed by atoms with Gasteiger partial charge in [0.1, 0.15) is 11.0 Å². The second-order valence-corrected chi connectivity index (χ2v) is 4.36. The van der Waals surface area contributed by atoms with Crippen molar-refractivity contribution in [2.75, 3.05) is 0 Å². The first-order valence-electron chi connectivity index (χ1n) is 5.77. The Morgan fingerprint density at radius 2 is 1.84 bits per heavy atom. The zero-order valence-corrected chi connectivity index (χ0v) is 10.8. The van der Waals surface area contributed by atoms with Crippen molar-refractivity contribution >= 4 is 28.0 Å². The van der Waals surface area contributed by atoms with Gasteiger partial charge in [-0.1, -0.05) is 0 Å². The van der Waals surface area contributed by atoms with E-state index in [0.717, 1.165) is 27.9 Å². The molecule has 1 aromatic carbocycles. The summed E-state index contributed by atoms with van der Waals surface area (Å²) < 4.78 is 1.74. The minimum atomic E-state index is 0.324. The van der Waals surface area contributed by atoms with Gasteiger partial charge in [0.25, 0.3) is 0 Å². The summed E-state index contributed by atoms with van der Waals surface area (Å²) in [4.78, 5) is 16.2. The first-order chi connectivity index (χ1) is 9.11. The van der Waals surface area contributed by atoms with E-state index in [0.29, 0.717) is 11.5 Å². The van der Waals surface area contributed by atoms with Crippen LogP contribution in [0.4, 0.5) is 5.95 Å². The molecule has 0 N–H and O–H groups in total. The number of aryl methyl sites for hydroxylation is 3. The molecule has 0 aliphatic heterocycles. The van der Waals surface area contributed by atoms with Crippen molar-refractivity contribution in [3.63, 3.8) is 0 Å². The van der Waals surface area contributed by atoms with Crippen molar-refractivity contribution in [1.29, 1.82) is 0 Å². The minimum Gasteiger partial charge on any atom is -0.326 e. The molecule has 0 spiro atoms. The number of benzene rings is 1. The number of imidazole rings is 1. The lowest BCUT2D eigenvalue weighted by Crippen LogP contribution is -1.94. The Balaban J connectivity index is 2.49. The fourth-order valence-electron chi connectivity index (χ4n) is 2.06. The number of azide groups is 1. The van der Waals surface area contributed by atoms with Crippen molar-refractivity contribution in [3.8, 4) is 0 Å². The van der Waals surface area contributed by atoms with Crippen molar-refractivity contribution in [2.45, 2.75) is 13.8 Å². The van der Waals surface area contributed by atoms with E-state index in [1.54, 1.807) is 11.6 Å². The van der Waals surface area contributed by atoms with E-state index in [9.17, 15) is 0 Å². The molecule has 0 amide bonds. The van der Waals surface area contributed by atoms with E-state index >= 15 is 0 Å². The number of hydrogen-bond donors (Lipinski definition) is 0. The summed E-state index contributed by atoms with van der Waals surface area (Å²) in [5.41, 5.74) is 13.4. The standard InChI is InChI=1S/C12H11N7/c1-6-7(2)15-10-8(14-6)4-5-9-11(10)16-12(17-18-13)19(9)3/h4-5H,1-3H3. The average molecular weight is 253 g/mol. The molecule has 0 bridgehead atoms. The second kappa shape index (κ2) is 3.93. The van der Waals surface area contributed by atoms with Crippen LogP contribution in [0, 0.1) is 13.8 Å². The monoisotopic (exact) mass is 253 g/mol. The lowest BCUT2D eigenvalue weighted by Gasteiger charge is -2.03. The predicted molar refractivity (Wildman–Crippen MR) is 72.1 cm³/mol. The van der Waals surface area contributed by atoms with Crippen LogP contribution in [-0.2, 0) is 7.05 Å². The third-order valence-electron chi connectivity index (χ3n) is 3.21. The maximum Gasteiger partial charge on any atom is 0.197 e. The fourth-order valence-corrected chi connectivity index (χ4v) is 2.06. The Morgan fingerprint density at radius 3 is 2.58 bits per heavy atom. The molecule has 3 rings (SSSR count). The highest BCUT2D eigenvalue weighted by atomic mass is 15.3. The number of fused-ring (bicyclic) bond motifs is 3. The molecule has 0 aliphatic carbocycles. The normalized spacial score (nSPS) is 10.9. The fraction of sp³-hybridized carbons (Fsp3) is 0.250. The molecular weight excluding hydrogens is 242 g/mol. The average Bonchev–Trinajstić information content (AvgIpc) is 2.69. The Labute approximate surface area is 108 Å². The molecule has 19 heavy (non-hydrogen) atoms. The zero-order chi connectivity index (χ0) is 13.6. The van der Waals surface area contributed by atoms with Crippen LogP contribution >= 0.6 is 0 Å². The molecule has 0 saturated carbocycles. The first-order valence-corrected chi connectivity index (χ1v) is 5.77. The molecule has 0 fully saturated rings. The Bertz CT molecular complexity index is 856. The third kappa shape index (κ3) is 1.60. The molecule has 0 unspecified atom stereocenters. The molecule has 0 saturated heterocycles. The zero-order valence-electron chi connectivity index (χ0n) is 10.8. The molecule has 7 heteroatoms. The van der Waals surface area contributed by atoms with Gasteiger partial charge in [-0.25, -0.2) is 15.0 Å². The second-order valence-electron chi connectivity index (χ2n) is 4.36. The van der Waals surface area contributed by atoms with Gasteiger partial charge in [0.15, 0.2) is 5.95 Å². The highest BCUT2D eigenvalue weighted by Crippen LogP contribution is 2.26. The summed E-state index contributed by atoms with van der Waals surface area (Å²) in [5.74, 6) is 0.324. The highest BCUT2D eigenvalue weighted by molar-refractivity contribution is 6.01. The summed E-state index contributed by atoms with van der Waals surface area (Å²) in [5, 5.41) is 3.57. The van der Waals surface area contributed by atoms with Crippen LogP contribution in [0.15, 0.2) is 17.2 Å². The minimum absolute atomic E-state index is 0.324. The van der Waals surface area contributed by atoms with E-state index in [1.807, 2.05) is 26.0 Å². The van der Waals surface area contributed by atoms with Crippen LogP contribution < -0.4 is 0 Å². The third-order valence-corrected chi connectivity index (χ3v) is 3.21. The topological polar surface area (TPSA) is 92.4 Å². The van der Waals surface area contributed by atoms with Crippen molar-refractivity contribution in [1.82, 2.24) is 19.5 Å². The van der Waals surface area contributed by atoms with Gasteiger partial charge in [0.05, 0.1) is 22.4 Å². The van der Waals surface area contributed by atoms with Gasteiger partial charge >= 0.3 is 0 Å². The number of nitrogens with zero attached hydrogens (tertiary/aromatic N) is 7. The van der Waals surface area contributed by atoms with Gasteiger partial charge < -0.3 is 4.57 Å². The smallest absolute Gasteiger partial charge is 0.197 e. The number of aromatic nitrogens is 4. The first kappa shape index (κ1) is 11.4. The molecule has 0 radical (unpaired) electrons. The van der Waals surface area contributed by atoms with Gasteiger partial charge in [0, 0.05) is 12.0 Å². The van der Waals surface area contributed by atoms with E-state index < -0.39 is 0 Å². The summed E-state index contributed by atoms with van der Waals surface area (Å²) in [7, 11) is 1.81. The Hall–Kier alpha value is -2.66. The van der Waals surface area contributed by atoms with Crippen LogP contribution in [0.2, 0.25) is 0 Å². The quantitative estimate of drug-likeness (QED) is 0.379. The van der Waals surface area contributed by atoms with E-state index in [4.69, 9.17) is 5.53 Å². The predicted octanol–water partition coefficient (Wildman–Crippen LogP) is 3.08. The summed E-state index contributed by atoms with van der Waals surface area (Å²) >= 11 is 0. The maximum absolute atomic E-state index is 8.54. The van der Waals surface area contributed by atoms with Gasteiger partial charge in [-0.15, -0.1) is 0 Å². The maximum atomic E-state index is 8.54. The van der Waals surface area contributed by atoms with Crippen LogP contribution in [-0.4, -0.2) is 19.5 Å². The highest BCUT2D eigenvalue weighted by Gasteiger charge is 2.12. The molecule has 0 atom stereocenters. The van der Waals surface area contributed by atoms with Crippen molar-refractivity contribution in [2.24, 2.45) is 12.2 Å². The van der Waals surface area contributed by atoms with Gasteiger partial charge in [0.2, 0.25) is 0 Å². The number of rotatable bonds is 1. The number of hydrogen-bond acceptors (Lipinski definition) is 4. The van der Waals surface area contributed by atoms with Crippen LogP contribution in [0.25, 0.3) is 32.5 Å². The van der Waals surface area contributed by atoms with Gasteiger partial charge in [-0.3, -0.25) is 0 Å². The Morgan fingerprint density at radius 1 is 1.11 bits per heavy atom. The summed E-state index contributed by atoms with van der Waals surface area (Å²) in [6, 6.07) is 3.81. The largest absolute Gasteiger partial charge is 0.326 e. The lowest BCUT2D eigenvalue weighted by atomic mass is 10.2. The Kier molecular flexibility index (Phi) is 2.36. The lowest BCUT2D eigenvalue weighted by molar-refractivity contribution is 0.940.